The fourth-order valence-corrected chi connectivity index (χ4v) is 1.16. The van der Waals surface area contributed by atoms with E-state index in [0.717, 1.165) is 6.07 Å². The molecule has 0 saturated heterocycles. The number of halogens is 4. The Bertz CT molecular complexity index is 344. The van der Waals surface area contributed by atoms with Gasteiger partial charge in [0, 0.05) is 0 Å². The molecule has 1 aromatic heterocycles. The highest BCUT2D eigenvalue weighted by atomic mass is 35.5. The highest BCUT2D eigenvalue weighted by Crippen LogP contribution is 2.28. The first kappa shape index (κ1) is 10.3. The summed E-state index contributed by atoms with van der Waals surface area (Å²) in [4.78, 5) is 13.7. The highest BCUT2D eigenvalue weighted by molar-refractivity contribution is 6.34. The van der Waals surface area contributed by atoms with E-state index in [4.69, 9.17) is 23.2 Å². The maximum absolute atomic E-state index is 12.2. The predicted octanol–water partition coefficient (Wildman–Crippen LogP) is 3.14. The van der Waals surface area contributed by atoms with Gasteiger partial charge in [0.25, 0.3) is 6.43 Å². The number of carbonyl (C=O) groups is 1. The topological polar surface area (TPSA) is 30.0 Å². The lowest BCUT2D eigenvalue weighted by Gasteiger charge is -2.03. The first-order valence-electron chi connectivity index (χ1n) is 3.15. The zero-order valence-electron chi connectivity index (χ0n) is 6.10. The van der Waals surface area contributed by atoms with Crippen LogP contribution in [-0.2, 0) is 0 Å². The lowest BCUT2D eigenvalue weighted by Crippen LogP contribution is -1.95. The van der Waals surface area contributed by atoms with Crippen molar-refractivity contribution in [3.63, 3.8) is 0 Å². The van der Waals surface area contributed by atoms with Gasteiger partial charge in [-0.05, 0) is 6.07 Å². The Morgan fingerprint density at radius 1 is 1.46 bits per heavy atom. The van der Waals surface area contributed by atoms with Gasteiger partial charge in [-0.2, -0.15) is 0 Å². The second kappa shape index (κ2) is 3.98. The number of rotatable bonds is 2. The lowest BCUT2D eigenvalue weighted by atomic mass is 10.2. The maximum atomic E-state index is 12.2. The fraction of sp³-hybridized carbons (Fsp3) is 0.143. The molecule has 0 bridgehead atoms. The number of alkyl halides is 2. The third-order valence-corrected chi connectivity index (χ3v) is 1.94. The Kier molecular flexibility index (Phi) is 3.17. The minimum Gasteiger partial charge on any atom is -0.296 e. The molecule has 0 saturated carbocycles. The molecular weight excluding hydrogens is 223 g/mol. The molecule has 1 heterocycles. The molecule has 0 amide bonds. The van der Waals surface area contributed by atoms with Gasteiger partial charge < -0.3 is 0 Å². The molecule has 13 heavy (non-hydrogen) atoms. The SMILES string of the molecule is O=Cc1nc(Cl)c(C(F)F)cc1Cl. The predicted molar refractivity (Wildman–Crippen MR) is 44.6 cm³/mol. The summed E-state index contributed by atoms with van der Waals surface area (Å²) in [5.41, 5.74) is -0.617. The molecule has 0 atom stereocenters. The van der Waals surface area contributed by atoms with E-state index in [-0.39, 0.29) is 10.7 Å². The summed E-state index contributed by atoms with van der Waals surface area (Å²) in [5.74, 6) is 0. The first-order valence-corrected chi connectivity index (χ1v) is 3.91. The Morgan fingerprint density at radius 2 is 2.08 bits per heavy atom. The van der Waals surface area contributed by atoms with Crippen molar-refractivity contribution >= 4 is 29.5 Å². The summed E-state index contributed by atoms with van der Waals surface area (Å²) in [6.07, 6.45) is -2.40. The monoisotopic (exact) mass is 225 g/mol. The van der Waals surface area contributed by atoms with Crippen LogP contribution in [0.1, 0.15) is 22.5 Å². The van der Waals surface area contributed by atoms with Crippen molar-refractivity contribution in [2.45, 2.75) is 6.43 Å². The minimum absolute atomic E-state index is 0.130. The quantitative estimate of drug-likeness (QED) is 0.572. The number of aromatic nitrogens is 1. The average Bonchev–Trinajstić information content (AvgIpc) is 2.07. The summed E-state index contributed by atoms with van der Waals surface area (Å²) >= 11 is 10.8. The normalized spacial score (nSPS) is 10.5. The van der Waals surface area contributed by atoms with Crippen molar-refractivity contribution in [2.75, 3.05) is 0 Å². The molecule has 2 nitrogen and oxygen atoms in total. The van der Waals surface area contributed by atoms with Crippen LogP contribution >= 0.6 is 23.2 Å². The van der Waals surface area contributed by atoms with Crippen molar-refractivity contribution in [3.8, 4) is 0 Å². The van der Waals surface area contributed by atoms with Gasteiger partial charge in [0.15, 0.2) is 6.29 Å². The smallest absolute Gasteiger partial charge is 0.266 e. The molecule has 0 aromatic carbocycles. The number of hydrogen-bond acceptors (Lipinski definition) is 2. The molecule has 0 fully saturated rings. The van der Waals surface area contributed by atoms with E-state index in [1.165, 1.54) is 0 Å². The number of nitrogens with zero attached hydrogens (tertiary/aromatic N) is 1. The van der Waals surface area contributed by atoms with Gasteiger partial charge >= 0.3 is 0 Å². The summed E-state index contributed by atoms with van der Waals surface area (Å²) < 4.78 is 24.3. The van der Waals surface area contributed by atoms with Gasteiger partial charge in [-0.3, -0.25) is 4.79 Å². The second-order valence-electron chi connectivity index (χ2n) is 2.15. The molecular formula is C7H3Cl2F2NO. The first-order chi connectivity index (χ1) is 6.06. The molecule has 0 aliphatic rings. The van der Waals surface area contributed by atoms with E-state index in [1.54, 1.807) is 0 Å². The van der Waals surface area contributed by atoms with E-state index in [1.807, 2.05) is 0 Å². The summed E-state index contributed by atoms with van der Waals surface area (Å²) in [6.45, 7) is 0. The van der Waals surface area contributed by atoms with Gasteiger partial charge in [0.2, 0.25) is 0 Å². The van der Waals surface area contributed by atoms with Crippen molar-refractivity contribution < 1.29 is 13.6 Å². The van der Waals surface area contributed by atoms with Gasteiger partial charge in [0.1, 0.15) is 10.8 Å². The van der Waals surface area contributed by atoms with Crippen LogP contribution in [0.3, 0.4) is 0 Å². The molecule has 0 aliphatic carbocycles. The number of hydrogen-bond donors (Lipinski definition) is 0. The summed E-state index contributed by atoms with van der Waals surface area (Å²) in [7, 11) is 0. The molecule has 0 radical (unpaired) electrons. The summed E-state index contributed by atoms with van der Waals surface area (Å²) in [5, 5.41) is -0.531. The molecule has 1 aromatic rings. The molecule has 70 valence electrons. The van der Waals surface area contributed by atoms with Crippen LogP contribution in [0.25, 0.3) is 0 Å². The van der Waals surface area contributed by atoms with Crippen molar-refractivity contribution in [1.82, 2.24) is 4.98 Å². The number of pyridine rings is 1. The number of aldehydes is 1. The largest absolute Gasteiger partial charge is 0.296 e. The molecule has 0 N–H and O–H groups in total. The van der Waals surface area contributed by atoms with E-state index in [0.29, 0.717) is 6.29 Å². The Morgan fingerprint density at radius 3 is 2.54 bits per heavy atom. The third-order valence-electron chi connectivity index (χ3n) is 1.33. The van der Waals surface area contributed by atoms with Crippen molar-refractivity contribution in [1.29, 1.82) is 0 Å². The van der Waals surface area contributed by atoms with Gasteiger partial charge in [0.05, 0.1) is 10.6 Å². The Balaban J connectivity index is 3.28. The number of carbonyl (C=O) groups excluding carboxylic acids is 1. The van der Waals surface area contributed by atoms with Crippen molar-refractivity contribution in [2.24, 2.45) is 0 Å². The van der Waals surface area contributed by atoms with E-state index in [9.17, 15) is 13.6 Å². The highest BCUT2D eigenvalue weighted by Gasteiger charge is 2.15. The van der Waals surface area contributed by atoms with Crippen LogP contribution in [0.5, 0.6) is 0 Å². The van der Waals surface area contributed by atoms with Crippen LogP contribution in [0.4, 0.5) is 8.78 Å². The minimum atomic E-state index is -2.75. The fourth-order valence-electron chi connectivity index (χ4n) is 0.729. The van der Waals surface area contributed by atoms with Crippen LogP contribution in [0.15, 0.2) is 6.07 Å². The Labute approximate surface area is 82.5 Å². The molecule has 0 spiro atoms. The van der Waals surface area contributed by atoms with Crippen LogP contribution < -0.4 is 0 Å². The molecule has 0 aliphatic heterocycles. The molecule has 6 heteroatoms. The van der Waals surface area contributed by atoms with E-state index < -0.39 is 17.1 Å². The van der Waals surface area contributed by atoms with Crippen LogP contribution in [-0.4, -0.2) is 11.3 Å². The zero-order chi connectivity index (χ0) is 10.0. The van der Waals surface area contributed by atoms with E-state index >= 15 is 0 Å². The standard InChI is InChI=1S/C7H3Cl2F2NO/c8-4-1-3(7(10)11)6(9)12-5(4)2-13/h1-2,7H. The van der Waals surface area contributed by atoms with Crippen LogP contribution in [0, 0.1) is 0 Å². The average molecular weight is 226 g/mol. The van der Waals surface area contributed by atoms with Gasteiger partial charge in [-0.25, -0.2) is 13.8 Å². The molecule has 1 rings (SSSR count). The van der Waals surface area contributed by atoms with Gasteiger partial charge in [-0.15, -0.1) is 0 Å². The third kappa shape index (κ3) is 2.14. The summed E-state index contributed by atoms with van der Waals surface area (Å²) in [6, 6.07) is 0.936. The maximum Gasteiger partial charge on any atom is 0.266 e. The van der Waals surface area contributed by atoms with E-state index in [2.05, 4.69) is 4.98 Å². The Hall–Kier alpha value is -0.740. The van der Waals surface area contributed by atoms with Crippen LogP contribution in [0.2, 0.25) is 10.2 Å². The van der Waals surface area contributed by atoms with Crippen molar-refractivity contribution in [3.05, 3.63) is 27.5 Å². The molecule has 0 unspecified atom stereocenters. The second-order valence-corrected chi connectivity index (χ2v) is 2.92. The lowest BCUT2D eigenvalue weighted by molar-refractivity contribution is 0.111. The zero-order valence-corrected chi connectivity index (χ0v) is 7.61. The van der Waals surface area contributed by atoms with Gasteiger partial charge in [-0.1, -0.05) is 23.2 Å².